The highest BCUT2D eigenvalue weighted by molar-refractivity contribution is 9.10. The average molecular weight is 317 g/mol. The van der Waals surface area contributed by atoms with Gasteiger partial charge in [-0.1, -0.05) is 41.4 Å². The second-order valence-electron chi connectivity index (χ2n) is 5.72. The predicted octanol–water partition coefficient (Wildman–Crippen LogP) is 4.77. The van der Waals surface area contributed by atoms with Crippen molar-refractivity contribution in [1.82, 2.24) is 5.32 Å². The minimum absolute atomic E-state index is 0.503. The van der Waals surface area contributed by atoms with Gasteiger partial charge in [-0.3, -0.25) is 0 Å². The Bertz CT molecular complexity index is 403. The smallest absolute Gasteiger partial charge is 0.0410 e. The van der Waals surface area contributed by atoms with E-state index in [1.54, 1.807) is 0 Å². The van der Waals surface area contributed by atoms with Crippen LogP contribution in [-0.2, 0) is 6.54 Å². The lowest BCUT2D eigenvalue weighted by atomic mass is 9.92. The maximum absolute atomic E-state index is 6.01. The molecule has 1 fully saturated rings. The molecule has 1 aromatic rings. The molecule has 0 spiro atoms. The van der Waals surface area contributed by atoms with Crippen LogP contribution in [0.4, 0.5) is 0 Å². The number of halogens is 2. The summed E-state index contributed by atoms with van der Waals surface area (Å²) in [4.78, 5) is 0. The number of benzene rings is 1. The van der Waals surface area contributed by atoms with Crippen LogP contribution in [0.15, 0.2) is 22.7 Å². The lowest BCUT2D eigenvalue weighted by Gasteiger charge is -2.18. The molecule has 94 valence electrons. The molecular formula is C14H19BrClN. The second-order valence-corrected chi connectivity index (χ2v) is 7.01. The minimum atomic E-state index is 0.503. The van der Waals surface area contributed by atoms with E-state index >= 15 is 0 Å². The molecule has 0 aliphatic heterocycles. The second kappa shape index (κ2) is 5.29. The molecular weight excluding hydrogens is 298 g/mol. The molecule has 1 atom stereocenters. The van der Waals surface area contributed by atoms with Crippen molar-refractivity contribution in [2.75, 3.05) is 0 Å². The van der Waals surface area contributed by atoms with Crippen LogP contribution in [0.3, 0.4) is 0 Å². The van der Waals surface area contributed by atoms with Crippen molar-refractivity contribution < 1.29 is 0 Å². The van der Waals surface area contributed by atoms with E-state index in [4.69, 9.17) is 11.6 Å². The lowest BCUT2D eigenvalue weighted by Crippen LogP contribution is -2.26. The van der Waals surface area contributed by atoms with Gasteiger partial charge in [0.2, 0.25) is 0 Å². The summed E-state index contributed by atoms with van der Waals surface area (Å²) < 4.78 is 1.13. The van der Waals surface area contributed by atoms with E-state index < -0.39 is 0 Å². The summed E-state index contributed by atoms with van der Waals surface area (Å²) in [5, 5.41) is 4.44. The van der Waals surface area contributed by atoms with Crippen LogP contribution < -0.4 is 5.32 Å². The SMILES string of the molecule is CC1(C)CCC(NCc2cc(Cl)ccc2Br)C1. The van der Waals surface area contributed by atoms with Crippen molar-refractivity contribution in [2.45, 2.75) is 45.7 Å². The Morgan fingerprint density at radius 1 is 1.47 bits per heavy atom. The van der Waals surface area contributed by atoms with Crippen molar-refractivity contribution in [1.29, 1.82) is 0 Å². The standard InChI is InChI=1S/C14H19BrClN/c1-14(2)6-5-12(8-14)17-9-10-7-11(16)3-4-13(10)15/h3-4,7,12,17H,5-6,8-9H2,1-2H3. The summed E-state index contributed by atoms with van der Waals surface area (Å²) in [7, 11) is 0. The minimum Gasteiger partial charge on any atom is -0.310 e. The molecule has 17 heavy (non-hydrogen) atoms. The fraction of sp³-hybridized carbons (Fsp3) is 0.571. The monoisotopic (exact) mass is 315 g/mol. The van der Waals surface area contributed by atoms with Crippen LogP contribution in [0.25, 0.3) is 0 Å². The number of hydrogen-bond acceptors (Lipinski definition) is 1. The molecule has 1 N–H and O–H groups in total. The van der Waals surface area contributed by atoms with E-state index in [2.05, 4.69) is 35.1 Å². The average Bonchev–Trinajstić information content (AvgIpc) is 2.60. The molecule has 0 heterocycles. The molecule has 1 aliphatic rings. The molecule has 1 unspecified atom stereocenters. The van der Waals surface area contributed by atoms with Gasteiger partial charge in [-0.05, 0) is 48.4 Å². The van der Waals surface area contributed by atoms with Crippen molar-refractivity contribution in [3.05, 3.63) is 33.3 Å². The first-order chi connectivity index (χ1) is 7.96. The van der Waals surface area contributed by atoms with Gasteiger partial charge in [0.25, 0.3) is 0 Å². The summed E-state index contributed by atoms with van der Waals surface area (Å²) in [5.41, 5.74) is 1.74. The normalized spacial score (nSPS) is 22.9. The molecule has 1 saturated carbocycles. The van der Waals surface area contributed by atoms with Gasteiger partial charge in [-0.2, -0.15) is 0 Å². The van der Waals surface area contributed by atoms with Crippen LogP contribution in [0.2, 0.25) is 5.02 Å². The van der Waals surface area contributed by atoms with Gasteiger partial charge in [-0.15, -0.1) is 0 Å². The van der Waals surface area contributed by atoms with Crippen molar-refractivity contribution in [2.24, 2.45) is 5.41 Å². The molecule has 1 aromatic carbocycles. The van der Waals surface area contributed by atoms with Crippen LogP contribution in [0, 0.1) is 5.41 Å². The third-order valence-electron chi connectivity index (χ3n) is 3.56. The fourth-order valence-corrected chi connectivity index (χ4v) is 3.12. The molecule has 3 heteroatoms. The summed E-state index contributed by atoms with van der Waals surface area (Å²) in [6, 6.07) is 6.60. The topological polar surface area (TPSA) is 12.0 Å². The summed E-state index contributed by atoms with van der Waals surface area (Å²) in [5.74, 6) is 0. The number of hydrogen-bond donors (Lipinski definition) is 1. The van der Waals surface area contributed by atoms with Gasteiger partial charge in [0, 0.05) is 22.1 Å². The van der Waals surface area contributed by atoms with E-state index in [0.717, 1.165) is 16.0 Å². The van der Waals surface area contributed by atoms with Gasteiger partial charge in [0.05, 0.1) is 0 Å². The molecule has 1 nitrogen and oxygen atoms in total. The highest BCUT2D eigenvalue weighted by atomic mass is 79.9. The molecule has 1 aliphatic carbocycles. The van der Waals surface area contributed by atoms with Crippen molar-refractivity contribution in [3.63, 3.8) is 0 Å². The summed E-state index contributed by atoms with van der Waals surface area (Å²) in [6.45, 7) is 5.59. The zero-order valence-electron chi connectivity index (χ0n) is 10.4. The lowest BCUT2D eigenvalue weighted by molar-refractivity contribution is 0.364. The van der Waals surface area contributed by atoms with E-state index in [1.165, 1.54) is 24.8 Å². The Morgan fingerprint density at radius 3 is 2.88 bits per heavy atom. The van der Waals surface area contributed by atoms with Crippen LogP contribution in [-0.4, -0.2) is 6.04 Å². The molecule has 0 bridgehead atoms. The van der Waals surface area contributed by atoms with E-state index in [1.807, 2.05) is 18.2 Å². The van der Waals surface area contributed by atoms with Crippen molar-refractivity contribution >= 4 is 27.5 Å². The first kappa shape index (κ1) is 13.4. The first-order valence-electron chi connectivity index (χ1n) is 6.14. The Balaban J connectivity index is 1.92. The number of rotatable bonds is 3. The van der Waals surface area contributed by atoms with Crippen LogP contribution in [0.5, 0.6) is 0 Å². The molecule has 0 radical (unpaired) electrons. The Kier molecular flexibility index (Phi) is 4.17. The van der Waals surface area contributed by atoms with Crippen molar-refractivity contribution in [3.8, 4) is 0 Å². The maximum atomic E-state index is 6.01. The van der Waals surface area contributed by atoms with Gasteiger partial charge in [0.15, 0.2) is 0 Å². The molecule has 0 saturated heterocycles. The highest BCUT2D eigenvalue weighted by Gasteiger charge is 2.30. The fourth-order valence-electron chi connectivity index (χ4n) is 2.54. The third kappa shape index (κ3) is 3.70. The molecule has 0 aromatic heterocycles. The largest absolute Gasteiger partial charge is 0.310 e. The van der Waals surface area contributed by atoms with E-state index in [-0.39, 0.29) is 0 Å². The first-order valence-corrected chi connectivity index (χ1v) is 7.31. The Labute approximate surface area is 117 Å². The van der Waals surface area contributed by atoms with Gasteiger partial charge >= 0.3 is 0 Å². The predicted molar refractivity (Wildman–Crippen MR) is 77.4 cm³/mol. The van der Waals surface area contributed by atoms with Crippen LogP contribution >= 0.6 is 27.5 Å². The van der Waals surface area contributed by atoms with Gasteiger partial charge in [-0.25, -0.2) is 0 Å². The quantitative estimate of drug-likeness (QED) is 0.847. The Hall–Kier alpha value is -0.0500. The zero-order chi connectivity index (χ0) is 12.5. The zero-order valence-corrected chi connectivity index (χ0v) is 12.7. The third-order valence-corrected chi connectivity index (χ3v) is 4.57. The summed E-state index contributed by atoms with van der Waals surface area (Å²) >= 11 is 9.57. The Morgan fingerprint density at radius 2 is 2.24 bits per heavy atom. The molecule has 2 rings (SSSR count). The summed E-state index contributed by atoms with van der Waals surface area (Å²) in [6.07, 6.45) is 3.87. The highest BCUT2D eigenvalue weighted by Crippen LogP contribution is 2.37. The van der Waals surface area contributed by atoms with Gasteiger partial charge < -0.3 is 5.32 Å². The van der Waals surface area contributed by atoms with E-state index in [0.29, 0.717) is 11.5 Å². The van der Waals surface area contributed by atoms with E-state index in [9.17, 15) is 0 Å². The molecule has 0 amide bonds. The maximum Gasteiger partial charge on any atom is 0.0410 e. The van der Waals surface area contributed by atoms with Gasteiger partial charge in [0.1, 0.15) is 0 Å². The number of nitrogens with one attached hydrogen (secondary N) is 1. The van der Waals surface area contributed by atoms with Crippen LogP contribution in [0.1, 0.15) is 38.7 Å².